The van der Waals surface area contributed by atoms with Gasteiger partial charge in [0.1, 0.15) is 0 Å². The van der Waals surface area contributed by atoms with Crippen molar-refractivity contribution < 1.29 is 9.47 Å². The van der Waals surface area contributed by atoms with E-state index in [0.29, 0.717) is 5.92 Å². The van der Waals surface area contributed by atoms with Gasteiger partial charge in [0, 0.05) is 11.5 Å². The summed E-state index contributed by atoms with van der Waals surface area (Å²) in [5.74, 6) is 2.49. The fourth-order valence-corrected chi connectivity index (χ4v) is 3.72. The number of ether oxygens (including phenoxy) is 2. The second-order valence-electron chi connectivity index (χ2n) is 7.48. The Bertz CT molecular complexity index is 437. The van der Waals surface area contributed by atoms with Gasteiger partial charge in [-0.3, -0.25) is 0 Å². The number of benzene rings is 1. The summed E-state index contributed by atoms with van der Waals surface area (Å²) in [5.41, 5.74) is 2.42. The van der Waals surface area contributed by atoms with Crippen molar-refractivity contribution >= 4 is 0 Å². The number of hydrogen-bond acceptors (Lipinski definition) is 2. The first kappa shape index (κ1) is 16.0. The molecule has 0 unspecified atom stereocenters. The van der Waals surface area contributed by atoms with Gasteiger partial charge in [0.15, 0.2) is 6.29 Å². The van der Waals surface area contributed by atoms with Crippen molar-refractivity contribution in [3.8, 4) is 0 Å². The molecule has 2 aliphatic rings. The van der Waals surface area contributed by atoms with Gasteiger partial charge in [-0.15, -0.1) is 0 Å². The van der Waals surface area contributed by atoms with E-state index in [1.807, 2.05) is 0 Å². The Balaban J connectivity index is 1.39. The highest BCUT2D eigenvalue weighted by atomic mass is 16.7. The Kier molecular flexibility index (Phi) is 5.54. The first-order chi connectivity index (χ1) is 10.7. The highest BCUT2D eigenvalue weighted by Crippen LogP contribution is 2.33. The van der Waals surface area contributed by atoms with Crippen LogP contribution in [-0.4, -0.2) is 13.2 Å². The molecule has 0 N–H and O–H groups in total. The Labute approximate surface area is 135 Å². The van der Waals surface area contributed by atoms with E-state index in [9.17, 15) is 0 Å². The van der Waals surface area contributed by atoms with Crippen LogP contribution in [0.1, 0.15) is 62.9 Å². The van der Waals surface area contributed by atoms with E-state index in [4.69, 9.17) is 9.47 Å². The Morgan fingerprint density at radius 2 is 1.45 bits per heavy atom. The maximum absolute atomic E-state index is 5.95. The van der Waals surface area contributed by atoms with Crippen LogP contribution in [-0.2, 0) is 9.47 Å². The predicted octanol–water partition coefficient (Wildman–Crippen LogP) is 5.26. The van der Waals surface area contributed by atoms with Crippen molar-refractivity contribution in [2.45, 2.75) is 58.7 Å². The first-order valence-corrected chi connectivity index (χ1v) is 9.00. The third-order valence-electron chi connectivity index (χ3n) is 5.43. The van der Waals surface area contributed by atoms with Gasteiger partial charge in [0.2, 0.25) is 0 Å². The van der Waals surface area contributed by atoms with Gasteiger partial charge in [-0.25, -0.2) is 0 Å². The summed E-state index contributed by atoms with van der Waals surface area (Å²) in [6.07, 6.45) is 8.19. The summed E-state index contributed by atoms with van der Waals surface area (Å²) < 4.78 is 11.9. The largest absolute Gasteiger partial charge is 0.348 e. The molecule has 0 amide bonds. The molecule has 122 valence electrons. The van der Waals surface area contributed by atoms with Crippen LogP contribution in [0.15, 0.2) is 24.3 Å². The third-order valence-corrected chi connectivity index (χ3v) is 5.43. The predicted molar refractivity (Wildman–Crippen MR) is 89.7 cm³/mol. The Morgan fingerprint density at radius 1 is 0.864 bits per heavy atom. The molecule has 0 spiro atoms. The van der Waals surface area contributed by atoms with Crippen molar-refractivity contribution in [3.05, 3.63) is 35.4 Å². The summed E-state index contributed by atoms with van der Waals surface area (Å²) in [6.45, 7) is 6.20. The highest BCUT2D eigenvalue weighted by molar-refractivity contribution is 5.22. The standard InChI is InChI=1S/C20H30O2/c1-15-3-7-17(8-4-15)9-10-18-13-21-20(22-14-18)19-11-5-16(2)6-12-19/h5-6,11-12,15,17-18,20H,3-4,7-10,13-14H2,1-2H3. The summed E-state index contributed by atoms with van der Waals surface area (Å²) in [5, 5.41) is 0. The van der Waals surface area contributed by atoms with E-state index in [1.54, 1.807) is 0 Å². The normalized spacial score (nSPS) is 32.8. The van der Waals surface area contributed by atoms with Gasteiger partial charge in [0.25, 0.3) is 0 Å². The molecule has 3 rings (SSSR count). The van der Waals surface area contributed by atoms with E-state index in [1.165, 1.54) is 44.1 Å². The van der Waals surface area contributed by atoms with E-state index < -0.39 is 0 Å². The third kappa shape index (κ3) is 4.33. The number of rotatable bonds is 4. The van der Waals surface area contributed by atoms with E-state index in [2.05, 4.69) is 38.1 Å². The molecule has 2 fully saturated rings. The molecule has 2 heteroatoms. The fraction of sp³-hybridized carbons (Fsp3) is 0.700. The molecule has 1 aliphatic carbocycles. The van der Waals surface area contributed by atoms with Gasteiger partial charge in [0.05, 0.1) is 13.2 Å². The lowest BCUT2D eigenvalue weighted by Crippen LogP contribution is -2.27. The quantitative estimate of drug-likeness (QED) is 0.755. The second-order valence-corrected chi connectivity index (χ2v) is 7.48. The SMILES string of the molecule is Cc1ccc(C2OCC(CCC3CCC(C)CC3)CO2)cc1. The number of hydrogen-bond donors (Lipinski definition) is 0. The van der Waals surface area contributed by atoms with Gasteiger partial charge in [-0.1, -0.05) is 68.9 Å². The zero-order chi connectivity index (χ0) is 15.4. The number of aryl methyl sites for hydroxylation is 1. The molecule has 2 nitrogen and oxygen atoms in total. The maximum Gasteiger partial charge on any atom is 0.183 e. The lowest BCUT2D eigenvalue weighted by molar-refractivity contribution is -0.206. The van der Waals surface area contributed by atoms with Gasteiger partial charge >= 0.3 is 0 Å². The maximum atomic E-state index is 5.95. The molecule has 0 aromatic heterocycles. The molecular weight excluding hydrogens is 272 g/mol. The fourth-order valence-electron chi connectivity index (χ4n) is 3.72. The van der Waals surface area contributed by atoms with Crippen LogP contribution in [0, 0.1) is 24.7 Å². The highest BCUT2D eigenvalue weighted by Gasteiger charge is 2.25. The van der Waals surface area contributed by atoms with Crippen LogP contribution in [0.3, 0.4) is 0 Å². The Morgan fingerprint density at radius 3 is 2.09 bits per heavy atom. The first-order valence-electron chi connectivity index (χ1n) is 9.00. The molecular formula is C20H30O2. The van der Waals surface area contributed by atoms with Crippen LogP contribution in [0.5, 0.6) is 0 Å². The lowest BCUT2D eigenvalue weighted by Gasteiger charge is -2.31. The zero-order valence-corrected chi connectivity index (χ0v) is 14.1. The van der Waals surface area contributed by atoms with Gasteiger partial charge < -0.3 is 9.47 Å². The summed E-state index contributed by atoms with van der Waals surface area (Å²) in [6, 6.07) is 8.48. The summed E-state index contributed by atoms with van der Waals surface area (Å²) in [4.78, 5) is 0. The molecule has 0 atom stereocenters. The van der Waals surface area contributed by atoms with Crippen LogP contribution in [0.25, 0.3) is 0 Å². The van der Waals surface area contributed by atoms with Crippen LogP contribution in [0.4, 0.5) is 0 Å². The second kappa shape index (κ2) is 7.61. The van der Waals surface area contributed by atoms with Crippen LogP contribution >= 0.6 is 0 Å². The van der Waals surface area contributed by atoms with Crippen molar-refractivity contribution in [2.75, 3.05) is 13.2 Å². The van der Waals surface area contributed by atoms with Crippen molar-refractivity contribution in [3.63, 3.8) is 0 Å². The molecule has 1 heterocycles. The monoisotopic (exact) mass is 302 g/mol. The molecule has 1 saturated heterocycles. The average Bonchev–Trinajstić information content (AvgIpc) is 2.56. The molecule has 1 aliphatic heterocycles. The summed E-state index contributed by atoms with van der Waals surface area (Å²) in [7, 11) is 0. The molecule has 1 saturated carbocycles. The molecule has 0 radical (unpaired) electrons. The minimum absolute atomic E-state index is 0.160. The Hall–Kier alpha value is -0.860. The van der Waals surface area contributed by atoms with Gasteiger partial charge in [-0.05, 0) is 25.2 Å². The van der Waals surface area contributed by atoms with Crippen molar-refractivity contribution in [1.29, 1.82) is 0 Å². The zero-order valence-electron chi connectivity index (χ0n) is 14.1. The molecule has 1 aromatic rings. The average molecular weight is 302 g/mol. The van der Waals surface area contributed by atoms with E-state index in [0.717, 1.165) is 30.6 Å². The van der Waals surface area contributed by atoms with E-state index >= 15 is 0 Å². The van der Waals surface area contributed by atoms with Crippen molar-refractivity contribution in [1.82, 2.24) is 0 Å². The molecule has 0 bridgehead atoms. The van der Waals surface area contributed by atoms with Crippen LogP contribution in [0.2, 0.25) is 0 Å². The van der Waals surface area contributed by atoms with Crippen LogP contribution < -0.4 is 0 Å². The smallest absolute Gasteiger partial charge is 0.183 e. The minimum atomic E-state index is -0.160. The topological polar surface area (TPSA) is 18.5 Å². The van der Waals surface area contributed by atoms with Gasteiger partial charge in [-0.2, -0.15) is 0 Å². The lowest BCUT2D eigenvalue weighted by atomic mass is 9.80. The summed E-state index contributed by atoms with van der Waals surface area (Å²) >= 11 is 0. The molecule has 22 heavy (non-hydrogen) atoms. The molecule has 1 aromatic carbocycles. The minimum Gasteiger partial charge on any atom is -0.348 e. The van der Waals surface area contributed by atoms with E-state index in [-0.39, 0.29) is 6.29 Å². The van der Waals surface area contributed by atoms with Crippen molar-refractivity contribution in [2.24, 2.45) is 17.8 Å².